The molecule has 0 saturated carbocycles. The second-order valence-electron chi connectivity index (χ2n) is 3.56. The standard InChI is InChI=1S/C10H19N/c1-10(2)11-8-6-4-3-5-7-9-11/h4,6,10H,3,5,7-9H2,1-2H3/b6-4-. The molecule has 1 heterocycles. The molecule has 0 radical (unpaired) electrons. The molecular weight excluding hydrogens is 134 g/mol. The van der Waals surface area contributed by atoms with Gasteiger partial charge in [-0.2, -0.15) is 0 Å². The second kappa shape index (κ2) is 4.55. The molecular formula is C10H19N. The molecule has 0 unspecified atom stereocenters. The van der Waals surface area contributed by atoms with E-state index >= 15 is 0 Å². The van der Waals surface area contributed by atoms with Gasteiger partial charge < -0.3 is 0 Å². The first-order valence-electron chi connectivity index (χ1n) is 4.70. The summed E-state index contributed by atoms with van der Waals surface area (Å²) in [7, 11) is 0. The number of hydrogen-bond donors (Lipinski definition) is 0. The van der Waals surface area contributed by atoms with Crippen molar-refractivity contribution in [1.29, 1.82) is 0 Å². The van der Waals surface area contributed by atoms with Crippen molar-refractivity contribution in [2.24, 2.45) is 0 Å². The van der Waals surface area contributed by atoms with Crippen LogP contribution in [-0.2, 0) is 0 Å². The van der Waals surface area contributed by atoms with Crippen molar-refractivity contribution in [1.82, 2.24) is 4.90 Å². The Hall–Kier alpha value is -0.300. The highest BCUT2D eigenvalue weighted by Gasteiger charge is 2.07. The first kappa shape index (κ1) is 8.79. The molecule has 0 spiro atoms. The van der Waals surface area contributed by atoms with E-state index in [-0.39, 0.29) is 0 Å². The van der Waals surface area contributed by atoms with Crippen molar-refractivity contribution < 1.29 is 0 Å². The maximum absolute atomic E-state index is 2.52. The summed E-state index contributed by atoms with van der Waals surface area (Å²) in [6, 6.07) is 0.706. The van der Waals surface area contributed by atoms with Gasteiger partial charge in [0.05, 0.1) is 0 Å². The molecule has 0 saturated heterocycles. The van der Waals surface area contributed by atoms with Crippen LogP contribution in [0.1, 0.15) is 33.1 Å². The number of hydrogen-bond acceptors (Lipinski definition) is 1. The van der Waals surface area contributed by atoms with Crippen LogP contribution in [0.3, 0.4) is 0 Å². The minimum atomic E-state index is 0.706. The molecule has 1 aliphatic rings. The van der Waals surface area contributed by atoms with Gasteiger partial charge in [-0.25, -0.2) is 0 Å². The third-order valence-corrected chi connectivity index (χ3v) is 2.30. The summed E-state index contributed by atoms with van der Waals surface area (Å²) in [6.07, 6.45) is 8.63. The minimum absolute atomic E-state index is 0.706. The molecule has 64 valence electrons. The van der Waals surface area contributed by atoms with Gasteiger partial charge in [0.1, 0.15) is 0 Å². The normalized spacial score (nSPS) is 24.6. The molecule has 0 aromatic carbocycles. The Morgan fingerprint density at radius 3 is 2.73 bits per heavy atom. The molecule has 0 atom stereocenters. The summed E-state index contributed by atoms with van der Waals surface area (Å²) in [5.74, 6) is 0. The Morgan fingerprint density at radius 1 is 1.18 bits per heavy atom. The zero-order valence-electron chi connectivity index (χ0n) is 7.71. The van der Waals surface area contributed by atoms with Gasteiger partial charge in [0.15, 0.2) is 0 Å². The van der Waals surface area contributed by atoms with Gasteiger partial charge in [-0.15, -0.1) is 0 Å². The quantitative estimate of drug-likeness (QED) is 0.523. The van der Waals surface area contributed by atoms with Crippen LogP contribution in [0.5, 0.6) is 0 Å². The van der Waals surface area contributed by atoms with E-state index in [1.54, 1.807) is 0 Å². The van der Waals surface area contributed by atoms with Crippen molar-refractivity contribution >= 4 is 0 Å². The highest BCUT2D eigenvalue weighted by Crippen LogP contribution is 2.07. The molecule has 1 aliphatic heterocycles. The fourth-order valence-electron chi connectivity index (χ4n) is 1.47. The van der Waals surface area contributed by atoms with Crippen molar-refractivity contribution in [3.8, 4) is 0 Å². The lowest BCUT2D eigenvalue weighted by Gasteiger charge is -2.25. The SMILES string of the molecule is CC(C)N1C/C=C\CCCC1. The zero-order valence-corrected chi connectivity index (χ0v) is 7.71. The van der Waals surface area contributed by atoms with Crippen LogP contribution in [0.2, 0.25) is 0 Å². The third-order valence-electron chi connectivity index (χ3n) is 2.30. The van der Waals surface area contributed by atoms with E-state index in [0.717, 1.165) is 6.54 Å². The predicted octanol–water partition coefficient (Wildman–Crippen LogP) is 2.44. The van der Waals surface area contributed by atoms with E-state index < -0.39 is 0 Å². The van der Waals surface area contributed by atoms with Gasteiger partial charge in [-0.05, 0) is 39.7 Å². The topological polar surface area (TPSA) is 3.24 Å². The van der Waals surface area contributed by atoms with Crippen molar-refractivity contribution in [2.45, 2.75) is 39.2 Å². The third kappa shape index (κ3) is 3.06. The summed E-state index contributed by atoms with van der Waals surface area (Å²) >= 11 is 0. The summed E-state index contributed by atoms with van der Waals surface area (Å²) in [6.45, 7) is 6.98. The van der Waals surface area contributed by atoms with Crippen LogP contribution in [0.15, 0.2) is 12.2 Å². The first-order valence-corrected chi connectivity index (χ1v) is 4.70. The molecule has 1 nitrogen and oxygen atoms in total. The molecule has 0 N–H and O–H groups in total. The van der Waals surface area contributed by atoms with Crippen LogP contribution in [0, 0.1) is 0 Å². The molecule has 0 aromatic rings. The molecule has 0 fully saturated rings. The average molecular weight is 153 g/mol. The maximum atomic E-state index is 2.52. The average Bonchev–Trinajstić information content (AvgIpc) is 1.84. The van der Waals surface area contributed by atoms with Crippen LogP contribution in [0.25, 0.3) is 0 Å². The van der Waals surface area contributed by atoms with E-state index in [1.807, 2.05) is 0 Å². The Morgan fingerprint density at radius 2 is 2.00 bits per heavy atom. The van der Waals surface area contributed by atoms with E-state index in [9.17, 15) is 0 Å². The van der Waals surface area contributed by atoms with Crippen LogP contribution >= 0.6 is 0 Å². The Labute approximate surface area is 70.1 Å². The van der Waals surface area contributed by atoms with Crippen molar-refractivity contribution in [3.05, 3.63) is 12.2 Å². The molecule has 0 amide bonds. The Bertz CT molecular complexity index is 127. The maximum Gasteiger partial charge on any atom is 0.0165 e. The lowest BCUT2D eigenvalue weighted by atomic mass is 10.1. The van der Waals surface area contributed by atoms with Crippen LogP contribution in [0.4, 0.5) is 0 Å². The molecule has 0 bridgehead atoms. The fraction of sp³-hybridized carbons (Fsp3) is 0.800. The van der Waals surface area contributed by atoms with Gasteiger partial charge in [-0.1, -0.05) is 12.2 Å². The van der Waals surface area contributed by atoms with Gasteiger partial charge in [-0.3, -0.25) is 4.90 Å². The predicted molar refractivity (Wildman–Crippen MR) is 49.7 cm³/mol. The largest absolute Gasteiger partial charge is 0.297 e. The molecule has 11 heavy (non-hydrogen) atoms. The van der Waals surface area contributed by atoms with Gasteiger partial charge >= 0.3 is 0 Å². The van der Waals surface area contributed by atoms with Gasteiger partial charge in [0.25, 0.3) is 0 Å². The Kier molecular flexibility index (Phi) is 3.64. The first-order chi connectivity index (χ1) is 5.30. The Balaban J connectivity index is 2.38. The summed E-state index contributed by atoms with van der Waals surface area (Å²) in [4.78, 5) is 2.52. The van der Waals surface area contributed by atoms with E-state index in [1.165, 1.54) is 25.8 Å². The van der Waals surface area contributed by atoms with Crippen molar-refractivity contribution in [2.75, 3.05) is 13.1 Å². The number of nitrogens with zero attached hydrogens (tertiary/aromatic N) is 1. The second-order valence-corrected chi connectivity index (χ2v) is 3.56. The molecule has 0 aliphatic carbocycles. The summed E-state index contributed by atoms with van der Waals surface area (Å²) in [5, 5.41) is 0. The smallest absolute Gasteiger partial charge is 0.0165 e. The van der Waals surface area contributed by atoms with E-state index in [0.29, 0.717) is 6.04 Å². The molecule has 0 aromatic heterocycles. The van der Waals surface area contributed by atoms with E-state index in [2.05, 4.69) is 30.9 Å². The zero-order chi connectivity index (χ0) is 8.10. The fourth-order valence-corrected chi connectivity index (χ4v) is 1.47. The highest BCUT2D eigenvalue weighted by molar-refractivity contribution is 4.87. The van der Waals surface area contributed by atoms with Crippen LogP contribution < -0.4 is 0 Å². The number of allylic oxidation sites excluding steroid dienone is 1. The molecule has 1 rings (SSSR count). The minimum Gasteiger partial charge on any atom is -0.297 e. The highest BCUT2D eigenvalue weighted by atomic mass is 15.1. The van der Waals surface area contributed by atoms with E-state index in [4.69, 9.17) is 0 Å². The van der Waals surface area contributed by atoms with Gasteiger partial charge in [0, 0.05) is 12.6 Å². The lowest BCUT2D eigenvalue weighted by molar-refractivity contribution is 0.238. The van der Waals surface area contributed by atoms with Crippen molar-refractivity contribution in [3.63, 3.8) is 0 Å². The van der Waals surface area contributed by atoms with Crippen LogP contribution in [-0.4, -0.2) is 24.0 Å². The number of rotatable bonds is 1. The van der Waals surface area contributed by atoms with Gasteiger partial charge in [0.2, 0.25) is 0 Å². The summed E-state index contributed by atoms with van der Waals surface area (Å²) < 4.78 is 0. The monoisotopic (exact) mass is 153 g/mol. The molecule has 1 heteroatoms. The summed E-state index contributed by atoms with van der Waals surface area (Å²) in [5.41, 5.74) is 0. The lowest BCUT2D eigenvalue weighted by Crippen LogP contribution is -2.32.